The highest BCUT2D eigenvalue weighted by Crippen LogP contribution is 2.55. The van der Waals surface area contributed by atoms with Gasteiger partial charge in [0.1, 0.15) is 23.6 Å². The van der Waals surface area contributed by atoms with Crippen molar-refractivity contribution in [2.45, 2.75) is 149 Å². The zero-order valence-electron chi connectivity index (χ0n) is 31.1. The number of esters is 3. The lowest BCUT2D eigenvalue weighted by molar-refractivity contribution is -0.170. The molecule has 1 saturated heterocycles. The maximum atomic E-state index is 12.3. The number of fused-ring (bicyclic) bond motifs is 1. The number of phenolic OH excluding ortho intramolecular Hbond substituents is 1. The van der Waals surface area contributed by atoms with Crippen LogP contribution in [0.1, 0.15) is 153 Å². The second kappa shape index (κ2) is 16.6. The van der Waals surface area contributed by atoms with Crippen molar-refractivity contribution in [1.29, 1.82) is 0 Å². The van der Waals surface area contributed by atoms with Crippen molar-refractivity contribution in [3.63, 3.8) is 0 Å². The van der Waals surface area contributed by atoms with Crippen LogP contribution in [0.3, 0.4) is 0 Å². The molecule has 1 aliphatic heterocycles. The van der Waals surface area contributed by atoms with Crippen molar-refractivity contribution in [2.75, 3.05) is 0 Å². The fraction of sp³-hybridized carbons (Fsp3) is 0.643. The Labute approximate surface area is 294 Å². The molecule has 0 aromatic heterocycles. The number of carbonyl (C=O) groups is 3. The summed E-state index contributed by atoms with van der Waals surface area (Å²) >= 11 is 0. The number of hydrogen-bond donors (Lipinski definition) is 1. The first-order chi connectivity index (χ1) is 23.3. The van der Waals surface area contributed by atoms with Crippen LogP contribution in [0.5, 0.6) is 5.75 Å². The van der Waals surface area contributed by atoms with Crippen molar-refractivity contribution < 1.29 is 33.7 Å². The average molecular weight is 677 g/mol. The van der Waals surface area contributed by atoms with E-state index < -0.39 is 5.41 Å². The largest absolute Gasteiger partial charge is 0.508 e. The molecule has 2 bridgehead atoms. The number of phenols is 1. The van der Waals surface area contributed by atoms with Crippen LogP contribution in [-0.2, 0) is 23.8 Å². The second-order valence-electron chi connectivity index (χ2n) is 15.5. The Hall–Kier alpha value is -3.35. The summed E-state index contributed by atoms with van der Waals surface area (Å²) in [6.07, 6.45) is 9.72. The van der Waals surface area contributed by atoms with Crippen molar-refractivity contribution in [3.8, 4) is 5.75 Å². The molecule has 2 aromatic carbocycles. The average Bonchev–Trinajstić information content (AvgIpc) is 3.88. The van der Waals surface area contributed by atoms with Gasteiger partial charge in [0.15, 0.2) is 0 Å². The summed E-state index contributed by atoms with van der Waals surface area (Å²) in [5.74, 6) is 1.74. The smallest absolute Gasteiger partial charge is 0.338 e. The SMILES string of the molecule is CCC(C)(C)C(=O)OC1C2CC3C(=O)OC1C3C2.CCC(C)c1ccc(C(=O)OC2(CC)CCCC2)cc1.CCC(C)c1cccc(O)c1. The third-order valence-corrected chi connectivity index (χ3v) is 11.9. The minimum atomic E-state index is -0.455. The standard InChI is InChI=1S/C18H26O2.C14H20O4.C10H14O/c1-4-14(3)15-8-10-16(11-9-15)17(19)20-18(5-2)12-6-7-13-18;1-4-14(2,3)13(16)18-10-7-5-8-9(6-7)12(15)17-11(8)10;1-3-8(2)9-5-4-6-10(11)7-9/h8-11,14H,4-7,12-13H2,1-3H3;7-11H,4-6H2,1-3H3;4-8,11H,3H2,1-2H3. The Kier molecular flexibility index (Phi) is 13.0. The van der Waals surface area contributed by atoms with Crippen molar-refractivity contribution in [3.05, 3.63) is 65.2 Å². The Morgan fingerprint density at radius 1 is 0.939 bits per heavy atom. The van der Waals surface area contributed by atoms with Gasteiger partial charge in [0.05, 0.1) is 16.9 Å². The summed E-state index contributed by atoms with van der Waals surface area (Å²) in [7, 11) is 0. The molecule has 270 valence electrons. The Morgan fingerprint density at radius 2 is 1.57 bits per heavy atom. The molecule has 0 radical (unpaired) electrons. The summed E-state index contributed by atoms with van der Waals surface area (Å²) in [6, 6.07) is 15.4. The first-order valence-electron chi connectivity index (χ1n) is 18.8. The summed E-state index contributed by atoms with van der Waals surface area (Å²) < 4.78 is 16.9. The van der Waals surface area contributed by atoms with Gasteiger partial charge < -0.3 is 19.3 Å². The van der Waals surface area contributed by atoms with Gasteiger partial charge in [-0.05, 0) is 125 Å². The number of ether oxygens (including phenoxy) is 3. The predicted molar refractivity (Wildman–Crippen MR) is 192 cm³/mol. The molecular weight excluding hydrogens is 616 g/mol. The van der Waals surface area contributed by atoms with Gasteiger partial charge in [-0.3, -0.25) is 9.59 Å². The fourth-order valence-corrected chi connectivity index (χ4v) is 7.55. The van der Waals surface area contributed by atoms with Gasteiger partial charge in [-0.2, -0.15) is 0 Å². The minimum absolute atomic E-state index is 0.0779. The molecule has 1 heterocycles. The zero-order chi connectivity index (χ0) is 35.9. The van der Waals surface area contributed by atoms with E-state index in [9.17, 15) is 14.4 Å². The number of carbonyl (C=O) groups excluding carboxylic acids is 3. The molecule has 1 N–H and O–H groups in total. The molecule has 4 aliphatic rings. The molecule has 7 nitrogen and oxygen atoms in total. The second-order valence-corrected chi connectivity index (χ2v) is 15.5. The lowest BCUT2D eigenvalue weighted by Crippen LogP contribution is -2.39. The maximum absolute atomic E-state index is 12.3. The van der Waals surface area contributed by atoms with E-state index in [2.05, 4.69) is 46.8 Å². The van der Waals surface area contributed by atoms with E-state index >= 15 is 0 Å². The molecule has 6 rings (SSSR count). The Balaban J connectivity index is 0.000000173. The van der Waals surface area contributed by atoms with E-state index in [-0.39, 0.29) is 41.6 Å². The van der Waals surface area contributed by atoms with Gasteiger partial charge in [0.2, 0.25) is 0 Å². The van der Waals surface area contributed by atoms with Gasteiger partial charge >= 0.3 is 17.9 Å². The van der Waals surface area contributed by atoms with Crippen LogP contribution < -0.4 is 0 Å². The molecule has 7 heteroatoms. The van der Waals surface area contributed by atoms with Gasteiger partial charge in [0, 0.05) is 11.8 Å². The van der Waals surface area contributed by atoms with Crippen LogP contribution in [0.15, 0.2) is 48.5 Å². The van der Waals surface area contributed by atoms with Crippen molar-refractivity contribution in [1.82, 2.24) is 0 Å². The third kappa shape index (κ3) is 9.07. The first kappa shape index (κ1) is 38.5. The molecule has 2 aromatic rings. The highest BCUT2D eigenvalue weighted by Gasteiger charge is 2.63. The van der Waals surface area contributed by atoms with Gasteiger partial charge in [-0.25, -0.2) is 4.79 Å². The number of benzene rings is 2. The van der Waals surface area contributed by atoms with E-state index in [1.54, 1.807) is 6.07 Å². The highest BCUT2D eigenvalue weighted by molar-refractivity contribution is 5.89. The van der Waals surface area contributed by atoms with Gasteiger partial charge in [-0.1, -0.05) is 65.8 Å². The normalized spacial score (nSPS) is 25.6. The molecule has 4 fully saturated rings. The molecule has 7 unspecified atom stereocenters. The van der Waals surface area contributed by atoms with Crippen LogP contribution >= 0.6 is 0 Å². The molecule has 3 saturated carbocycles. The fourth-order valence-electron chi connectivity index (χ4n) is 7.55. The molecular formula is C42H60O7. The number of hydrogen-bond acceptors (Lipinski definition) is 7. The van der Waals surface area contributed by atoms with E-state index in [1.807, 2.05) is 51.1 Å². The monoisotopic (exact) mass is 676 g/mol. The maximum Gasteiger partial charge on any atom is 0.338 e. The molecule has 0 amide bonds. The lowest BCUT2D eigenvalue weighted by atomic mass is 9.87. The van der Waals surface area contributed by atoms with Crippen LogP contribution in [0, 0.1) is 23.2 Å². The van der Waals surface area contributed by atoms with E-state index in [0.717, 1.165) is 51.4 Å². The van der Waals surface area contributed by atoms with E-state index in [1.165, 1.54) is 24.0 Å². The van der Waals surface area contributed by atoms with Crippen LogP contribution in [0.25, 0.3) is 0 Å². The summed E-state index contributed by atoms with van der Waals surface area (Å²) in [4.78, 5) is 36.0. The zero-order valence-corrected chi connectivity index (χ0v) is 31.1. The van der Waals surface area contributed by atoms with Crippen LogP contribution in [0.4, 0.5) is 0 Å². The molecule has 7 atom stereocenters. The van der Waals surface area contributed by atoms with Gasteiger partial charge in [-0.15, -0.1) is 0 Å². The summed E-state index contributed by atoms with van der Waals surface area (Å²) in [5.41, 5.74) is 2.52. The van der Waals surface area contributed by atoms with Crippen LogP contribution in [0.2, 0.25) is 0 Å². The summed E-state index contributed by atoms with van der Waals surface area (Å²) in [6.45, 7) is 16.6. The predicted octanol–water partition coefficient (Wildman–Crippen LogP) is 9.90. The molecule has 3 aliphatic carbocycles. The van der Waals surface area contributed by atoms with Crippen molar-refractivity contribution in [2.24, 2.45) is 23.2 Å². The quantitative estimate of drug-likeness (QED) is 0.198. The van der Waals surface area contributed by atoms with Crippen LogP contribution in [-0.4, -0.2) is 40.8 Å². The number of aromatic hydroxyl groups is 1. The molecule has 49 heavy (non-hydrogen) atoms. The first-order valence-corrected chi connectivity index (χ1v) is 18.8. The number of rotatable bonds is 10. The summed E-state index contributed by atoms with van der Waals surface area (Å²) in [5, 5.41) is 9.16. The minimum Gasteiger partial charge on any atom is -0.508 e. The van der Waals surface area contributed by atoms with Gasteiger partial charge in [0.25, 0.3) is 0 Å². The Bertz CT molecular complexity index is 1410. The third-order valence-electron chi connectivity index (χ3n) is 11.9. The highest BCUT2D eigenvalue weighted by atomic mass is 16.6. The van der Waals surface area contributed by atoms with Crippen molar-refractivity contribution >= 4 is 17.9 Å². The molecule has 0 spiro atoms. The van der Waals surface area contributed by atoms with E-state index in [0.29, 0.717) is 35.0 Å². The lowest BCUT2D eigenvalue weighted by Gasteiger charge is -2.29. The Morgan fingerprint density at radius 3 is 2.14 bits per heavy atom. The van der Waals surface area contributed by atoms with E-state index in [4.69, 9.17) is 19.3 Å². The topological polar surface area (TPSA) is 99.1 Å².